The van der Waals surface area contributed by atoms with Crippen LogP contribution in [0.15, 0.2) is 61.2 Å². The Balaban J connectivity index is 1.87. The molecule has 0 aromatic heterocycles. The van der Waals surface area contributed by atoms with E-state index in [-0.39, 0.29) is 12.5 Å². The van der Waals surface area contributed by atoms with E-state index < -0.39 is 10.0 Å². The van der Waals surface area contributed by atoms with Gasteiger partial charge < -0.3 is 10.1 Å². The number of sulfonamides is 1. The molecule has 0 unspecified atom stereocenters. The van der Waals surface area contributed by atoms with Crippen LogP contribution in [0.25, 0.3) is 0 Å². The Morgan fingerprint density at radius 3 is 2.32 bits per heavy atom. The highest BCUT2D eigenvalue weighted by molar-refractivity contribution is 7.92. The molecule has 0 radical (unpaired) electrons. The van der Waals surface area contributed by atoms with Crippen molar-refractivity contribution in [1.29, 1.82) is 0 Å². The van der Waals surface area contributed by atoms with Crippen molar-refractivity contribution < 1.29 is 17.9 Å². The molecular formula is C21H26N2O4S. The summed E-state index contributed by atoms with van der Waals surface area (Å²) in [6, 6.07) is 14.2. The summed E-state index contributed by atoms with van der Waals surface area (Å²) in [7, 11) is -3.42. The molecular weight excluding hydrogens is 376 g/mol. The monoisotopic (exact) mass is 402 g/mol. The fraction of sp³-hybridized carbons (Fsp3) is 0.286. The highest BCUT2D eigenvalue weighted by Gasteiger charge is 2.16. The molecule has 0 saturated carbocycles. The minimum atomic E-state index is -3.42. The predicted molar refractivity (Wildman–Crippen MR) is 112 cm³/mol. The molecule has 0 atom stereocenters. The van der Waals surface area contributed by atoms with Crippen molar-refractivity contribution in [1.82, 2.24) is 5.32 Å². The molecule has 0 heterocycles. The van der Waals surface area contributed by atoms with E-state index in [9.17, 15) is 13.2 Å². The van der Waals surface area contributed by atoms with Gasteiger partial charge in [0.2, 0.25) is 10.0 Å². The Kier molecular flexibility index (Phi) is 7.63. The van der Waals surface area contributed by atoms with Gasteiger partial charge in [-0.05, 0) is 48.4 Å². The normalized spacial score (nSPS) is 10.9. The third-order valence-corrected chi connectivity index (χ3v) is 5.26. The lowest BCUT2D eigenvalue weighted by atomic mass is 10.2. The maximum absolute atomic E-state index is 12.2. The van der Waals surface area contributed by atoms with Crippen LogP contribution in [-0.2, 0) is 16.4 Å². The standard InChI is InChI=1S/C21H26N2O4S/c1-4-15-23(28(3,25)26)19-10-8-18(9-11-19)21(24)22-14-16-27-20-12-6-17(5-2)7-13-20/h4,6-13H,1,5,14-16H2,2-3H3,(H,22,24). The van der Waals surface area contributed by atoms with Crippen LogP contribution in [0, 0.1) is 0 Å². The molecule has 2 aromatic rings. The first-order valence-corrected chi connectivity index (χ1v) is 10.9. The van der Waals surface area contributed by atoms with Crippen LogP contribution < -0.4 is 14.4 Å². The van der Waals surface area contributed by atoms with E-state index in [2.05, 4.69) is 18.8 Å². The van der Waals surface area contributed by atoms with Gasteiger partial charge in [-0.2, -0.15) is 0 Å². The van der Waals surface area contributed by atoms with Gasteiger partial charge in [-0.25, -0.2) is 8.42 Å². The van der Waals surface area contributed by atoms with E-state index in [1.807, 2.05) is 24.3 Å². The largest absolute Gasteiger partial charge is 0.492 e. The maximum atomic E-state index is 12.2. The topological polar surface area (TPSA) is 75.7 Å². The Hall–Kier alpha value is -2.80. The fourth-order valence-corrected chi connectivity index (χ4v) is 3.47. The summed E-state index contributed by atoms with van der Waals surface area (Å²) in [6.07, 6.45) is 3.62. The third-order valence-electron chi connectivity index (χ3n) is 4.10. The highest BCUT2D eigenvalue weighted by Crippen LogP contribution is 2.18. The van der Waals surface area contributed by atoms with Crippen molar-refractivity contribution in [3.63, 3.8) is 0 Å². The van der Waals surface area contributed by atoms with E-state index in [4.69, 9.17) is 4.74 Å². The molecule has 0 aliphatic carbocycles. The molecule has 1 N–H and O–H groups in total. The molecule has 0 spiro atoms. The van der Waals surface area contributed by atoms with E-state index in [1.54, 1.807) is 24.3 Å². The first kappa shape index (κ1) is 21.5. The van der Waals surface area contributed by atoms with Crippen molar-refractivity contribution in [2.45, 2.75) is 13.3 Å². The lowest BCUT2D eigenvalue weighted by molar-refractivity contribution is 0.0947. The average molecular weight is 403 g/mol. The summed E-state index contributed by atoms with van der Waals surface area (Å²) >= 11 is 0. The Morgan fingerprint density at radius 1 is 1.14 bits per heavy atom. The molecule has 7 heteroatoms. The quantitative estimate of drug-likeness (QED) is 0.490. The Morgan fingerprint density at radius 2 is 1.79 bits per heavy atom. The number of hydrogen-bond donors (Lipinski definition) is 1. The second-order valence-corrected chi connectivity index (χ2v) is 8.14. The van der Waals surface area contributed by atoms with Gasteiger partial charge >= 0.3 is 0 Å². The number of nitrogens with one attached hydrogen (secondary N) is 1. The van der Waals surface area contributed by atoms with Crippen molar-refractivity contribution in [3.8, 4) is 5.75 Å². The number of rotatable bonds is 10. The van der Waals surface area contributed by atoms with E-state index in [1.165, 1.54) is 15.9 Å². The van der Waals surface area contributed by atoms with Crippen molar-refractivity contribution in [3.05, 3.63) is 72.3 Å². The molecule has 6 nitrogen and oxygen atoms in total. The molecule has 0 aliphatic rings. The second-order valence-electron chi connectivity index (χ2n) is 6.23. The van der Waals surface area contributed by atoms with Gasteiger partial charge in [0.15, 0.2) is 0 Å². The second kappa shape index (κ2) is 9.94. The molecule has 2 aromatic carbocycles. The number of benzene rings is 2. The van der Waals surface area contributed by atoms with Gasteiger partial charge in [0.1, 0.15) is 12.4 Å². The van der Waals surface area contributed by atoms with E-state index in [0.29, 0.717) is 24.4 Å². The number of ether oxygens (including phenoxy) is 1. The van der Waals surface area contributed by atoms with Crippen LogP contribution >= 0.6 is 0 Å². The molecule has 0 saturated heterocycles. The van der Waals surface area contributed by atoms with Crippen molar-refractivity contribution >= 4 is 21.6 Å². The minimum absolute atomic E-state index is 0.168. The number of carbonyl (C=O) groups excluding carboxylic acids is 1. The summed E-state index contributed by atoms with van der Waals surface area (Å²) < 4.78 is 30.5. The number of nitrogens with zero attached hydrogens (tertiary/aromatic N) is 1. The molecule has 2 rings (SSSR count). The Labute approximate surface area is 166 Å². The first-order chi connectivity index (χ1) is 13.3. The zero-order valence-electron chi connectivity index (χ0n) is 16.2. The number of amides is 1. The molecule has 0 aliphatic heterocycles. The highest BCUT2D eigenvalue weighted by atomic mass is 32.2. The van der Waals surface area contributed by atoms with Gasteiger partial charge in [0, 0.05) is 5.56 Å². The van der Waals surface area contributed by atoms with Gasteiger partial charge in [0.25, 0.3) is 5.91 Å². The predicted octanol–water partition coefficient (Wildman–Crippen LogP) is 3.01. The van der Waals surface area contributed by atoms with Crippen LogP contribution in [0.4, 0.5) is 5.69 Å². The Bertz CT molecular complexity index is 891. The van der Waals surface area contributed by atoms with E-state index >= 15 is 0 Å². The zero-order valence-corrected chi connectivity index (χ0v) is 17.0. The molecule has 0 fully saturated rings. The number of aryl methyl sites for hydroxylation is 1. The van der Waals surface area contributed by atoms with E-state index in [0.717, 1.165) is 18.4 Å². The summed E-state index contributed by atoms with van der Waals surface area (Å²) in [4.78, 5) is 12.2. The summed E-state index contributed by atoms with van der Waals surface area (Å²) in [5, 5.41) is 2.78. The molecule has 28 heavy (non-hydrogen) atoms. The van der Waals surface area contributed by atoms with Gasteiger partial charge in [-0.3, -0.25) is 9.10 Å². The number of carbonyl (C=O) groups is 1. The molecule has 150 valence electrons. The smallest absolute Gasteiger partial charge is 0.251 e. The van der Waals surface area contributed by atoms with Crippen LogP contribution in [-0.4, -0.2) is 40.3 Å². The van der Waals surface area contributed by atoms with Crippen molar-refractivity contribution in [2.24, 2.45) is 0 Å². The van der Waals surface area contributed by atoms with Gasteiger partial charge in [-0.15, -0.1) is 6.58 Å². The number of anilines is 1. The van der Waals surface area contributed by atoms with Crippen LogP contribution in [0.3, 0.4) is 0 Å². The first-order valence-electron chi connectivity index (χ1n) is 9.03. The van der Waals surface area contributed by atoms with Crippen LogP contribution in [0.2, 0.25) is 0 Å². The maximum Gasteiger partial charge on any atom is 0.251 e. The fourth-order valence-electron chi connectivity index (χ4n) is 2.59. The lowest BCUT2D eigenvalue weighted by Crippen LogP contribution is -2.30. The average Bonchev–Trinajstić information content (AvgIpc) is 2.69. The zero-order chi connectivity index (χ0) is 20.6. The third kappa shape index (κ3) is 6.13. The molecule has 1 amide bonds. The minimum Gasteiger partial charge on any atom is -0.492 e. The van der Waals surface area contributed by atoms with Crippen molar-refractivity contribution in [2.75, 3.05) is 30.3 Å². The van der Waals surface area contributed by atoms with Crippen LogP contribution in [0.5, 0.6) is 5.75 Å². The van der Waals surface area contributed by atoms with Crippen LogP contribution in [0.1, 0.15) is 22.8 Å². The molecule has 0 bridgehead atoms. The summed E-state index contributed by atoms with van der Waals surface area (Å²) in [5.41, 5.74) is 2.17. The summed E-state index contributed by atoms with van der Waals surface area (Å²) in [6.45, 7) is 6.56. The number of hydrogen-bond acceptors (Lipinski definition) is 4. The summed E-state index contributed by atoms with van der Waals surface area (Å²) in [5.74, 6) is 0.519. The SMILES string of the molecule is C=CCN(c1ccc(C(=O)NCCOc2ccc(CC)cc2)cc1)S(C)(=O)=O. The lowest BCUT2D eigenvalue weighted by Gasteiger charge is -2.20. The van der Waals surface area contributed by atoms with Gasteiger partial charge in [0.05, 0.1) is 25.0 Å². The van der Waals surface area contributed by atoms with Gasteiger partial charge in [-0.1, -0.05) is 25.1 Å².